The molecule has 0 aromatic heterocycles. The summed E-state index contributed by atoms with van der Waals surface area (Å²) in [6.07, 6.45) is -0.512. The predicted molar refractivity (Wildman–Crippen MR) is 43.9 cm³/mol. The first-order valence-electron chi connectivity index (χ1n) is 2.86. The van der Waals surface area contributed by atoms with Crippen LogP contribution in [-0.2, 0) is 4.74 Å². The highest BCUT2D eigenvalue weighted by Crippen LogP contribution is 2.25. The molecule has 9 heavy (non-hydrogen) atoms. The Labute approximate surface area is 69.5 Å². The lowest BCUT2D eigenvalue weighted by Crippen LogP contribution is -2.26. The average molecular weight is 238 g/mol. The van der Waals surface area contributed by atoms with Gasteiger partial charge in [0.1, 0.15) is 7.85 Å². The Morgan fingerprint density at radius 1 is 1.67 bits per heavy atom. The molecule has 0 aliphatic carbocycles. The number of hydrogen-bond donors (Lipinski definition) is 1. The third-order valence-corrected chi connectivity index (χ3v) is 2.94. The fraction of sp³-hybridized carbons (Fsp3) is 1.00. The zero-order valence-corrected chi connectivity index (χ0v) is 7.28. The molecule has 50 valence electrons. The van der Waals surface area contributed by atoms with Crippen LogP contribution in [0.3, 0.4) is 0 Å². The molecule has 0 aromatic rings. The maximum atomic E-state index is 9.22. The van der Waals surface area contributed by atoms with Crippen molar-refractivity contribution in [2.75, 3.05) is 0 Å². The van der Waals surface area contributed by atoms with Crippen LogP contribution in [0.1, 0.15) is 6.92 Å². The van der Waals surface area contributed by atoms with Crippen LogP contribution in [0.25, 0.3) is 0 Å². The van der Waals surface area contributed by atoms with Crippen molar-refractivity contribution < 1.29 is 9.84 Å². The van der Waals surface area contributed by atoms with Gasteiger partial charge < -0.3 is 9.84 Å². The summed E-state index contributed by atoms with van der Waals surface area (Å²) in [5.41, 5.74) is 0. The van der Waals surface area contributed by atoms with E-state index in [4.69, 9.17) is 12.6 Å². The molecule has 0 aromatic carbocycles. The first kappa shape index (κ1) is 7.82. The monoisotopic (exact) mass is 238 g/mol. The SMILES string of the molecule is [B]C1OC(C)[C@@H](O)[C@H]1I. The smallest absolute Gasteiger partial charge is 0.110 e. The molecule has 2 nitrogen and oxygen atoms in total. The first-order valence-corrected chi connectivity index (χ1v) is 4.10. The van der Waals surface area contributed by atoms with Gasteiger partial charge in [-0.3, -0.25) is 0 Å². The highest BCUT2D eigenvalue weighted by Gasteiger charge is 2.35. The lowest BCUT2D eigenvalue weighted by molar-refractivity contribution is 0.0458. The number of halogens is 1. The molecule has 4 heteroatoms. The van der Waals surface area contributed by atoms with Crippen molar-refractivity contribution in [2.45, 2.75) is 29.1 Å². The zero-order valence-electron chi connectivity index (χ0n) is 5.12. The quantitative estimate of drug-likeness (QED) is 0.367. The molecule has 1 N–H and O–H groups in total. The van der Waals surface area contributed by atoms with Crippen LogP contribution in [0.15, 0.2) is 0 Å². The summed E-state index contributed by atoms with van der Waals surface area (Å²) >= 11 is 2.10. The minimum Gasteiger partial charge on any atom is -0.389 e. The molecule has 1 heterocycles. The van der Waals surface area contributed by atoms with Crippen LogP contribution in [-0.4, -0.2) is 35.1 Å². The Morgan fingerprint density at radius 2 is 2.22 bits per heavy atom. The molecule has 4 atom stereocenters. The molecule has 2 unspecified atom stereocenters. The van der Waals surface area contributed by atoms with E-state index in [-0.39, 0.29) is 16.0 Å². The van der Waals surface area contributed by atoms with Gasteiger partial charge in [0.2, 0.25) is 0 Å². The molecule has 1 fully saturated rings. The van der Waals surface area contributed by atoms with E-state index in [0.29, 0.717) is 0 Å². The number of aliphatic hydroxyl groups excluding tert-OH is 1. The van der Waals surface area contributed by atoms with Crippen LogP contribution in [0.2, 0.25) is 0 Å². The van der Waals surface area contributed by atoms with E-state index in [1.807, 2.05) is 6.92 Å². The van der Waals surface area contributed by atoms with Crippen LogP contribution >= 0.6 is 22.6 Å². The molecular formula is C5H8BIO2. The van der Waals surface area contributed by atoms with Crippen molar-refractivity contribution in [3.05, 3.63) is 0 Å². The molecule has 2 radical (unpaired) electrons. The summed E-state index contributed by atoms with van der Waals surface area (Å²) in [5, 5.41) is 9.22. The Bertz CT molecular complexity index is 99.1. The second-order valence-corrected chi connectivity index (χ2v) is 3.68. The van der Waals surface area contributed by atoms with Crippen LogP contribution < -0.4 is 0 Å². The van der Waals surface area contributed by atoms with E-state index in [9.17, 15) is 5.11 Å². The Balaban J connectivity index is 2.54. The minimum atomic E-state index is -0.402. The number of ether oxygens (including phenoxy) is 1. The molecule has 1 rings (SSSR count). The van der Waals surface area contributed by atoms with Crippen molar-refractivity contribution in [1.29, 1.82) is 0 Å². The van der Waals surface area contributed by atoms with E-state index in [1.165, 1.54) is 0 Å². The molecule has 0 saturated carbocycles. The number of hydrogen-bond acceptors (Lipinski definition) is 2. The van der Waals surface area contributed by atoms with E-state index < -0.39 is 6.10 Å². The first-order chi connectivity index (χ1) is 4.13. The third-order valence-electron chi connectivity index (χ3n) is 1.49. The van der Waals surface area contributed by atoms with Gasteiger partial charge in [0, 0.05) is 6.00 Å². The molecular weight excluding hydrogens is 230 g/mol. The van der Waals surface area contributed by atoms with Crippen LogP contribution in [0.4, 0.5) is 0 Å². The van der Waals surface area contributed by atoms with E-state index in [0.717, 1.165) is 0 Å². The number of aliphatic hydroxyl groups is 1. The van der Waals surface area contributed by atoms with Gasteiger partial charge >= 0.3 is 0 Å². The molecule has 0 amide bonds. The molecule has 0 spiro atoms. The molecule has 1 aliphatic heterocycles. The highest BCUT2D eigenvalue weighted by molar-refractivity contribution is 14.1. The summed E-state index contributed by atoms with van der Waals surface area (Å²) in [7, 11) is 5.47. The summed E-state index contributed by atoms with van der Waals surface area (Å²) in [6.45, 7) is 1.82. The second kappa shape index (κ2) is 2.76. The summed E-state index contributed by atoms with van der Waals surface area (Å²) < 4.78 is 5.15. The molecule has 0 bridgehead atoms. The lowest BCUT2D eigenvalue weighted by atomic mass is 9.96. The topological polar surface area (TPSA) is 29.5 Å². The minimum absolute atomic E-state index is 0.0394. The second-order valence-electron chi connectivity index (χ2n) is 2.24. The zero-order chi connectivity index (χ0) is 7.02. The van der Waals surface area contributed by atoms with Gasteiger partial charge in [-0.05, 0) is 6.92 Å². The van der Waals surface area contributed by atoms with E-state index in [1.54, 1.807) is 0 Å². The lowest BCUT2D eigenvalue weighted by Gasteiger charge is -2.07. The Hall–Kier alpha value is 0.715. The summed E-state index contributed by atoms with van der Waals surface area (Å²) in [6, 6.07) is -0.296. The van der Waals surface area contributed by atoms with Crippen molar-refractivity contribution in [2.24, 2.45) is 0 Å². The Kier molecular flexibility index (Phi) is 2.40. The number of alkyl halides is 1. The van der Waals surface area contributed by atoms with Gasteiger partial charge in [0.15, 0.2) is 0 Å². The fourth-order valence-electron chi connectivity index (χ4n) is 0.857. The third kappa shape index (κ3) is 1.41. The van der Waals surface area contributed by atoms with Gasteiger partial charge in [0.05, 0.1) is 16.1 Å². The largest absolute Gasteiger partial charge is 0.389 e. The average Bonchev–Trinajstić information content (AvgIpc) is 1.98. The number of rotatable bonds is 0. The van der Waals surface area contributed by atoms with E-state index >= 15 is 0 Å². The van der Waals surface area contributed by atoms with Gasteiger partial charge in [-0.25, -0.2) is 0 Å². The normalized spacial score (nSPS) is 51.9. The summed E-state index contributed by atoms with van der Waals surface area (Å²) in [4.78, 5) is 0. The maximum absolute atomic E-state index is 9.22. The van der Waals surface area contributed by atoms with Crippen molar-refractivity contribution in [1.82, 2.24) is 0 Å². The Morgan fingerprint density at radius 3 is 2.33 bits per heavy atom. The van der Waals surface area contributed by atoms with E-state index in [2.05, 4.69) is 22.6 Å². The highest BCUT2D eigenvalue weighted by atomic mass is 127. The van der Waals surface area contributed by atoms with Crippen LogP contribution in [0.5, 0.6) is 0 Å². The van der Waals surface area contributed by atoms with Crippen molar-refractivity contribution in [3.8, 4) is 0 Å². The predicted octanol–water partition coefficient (Wildman–Crippen LogP) is 0.0642. The summed E-state index contributed by atoms with van der Waals surface area (Å²) in [5.74, 6) is 0. The van der Waals surface area contributed by atoms with Crippen molar-refractivity contribution in [3.63, 3.8) is 0 Å². The maximum Gasteiger partial charge on any atom is 0.110 e. The fourth-order valence-corrected chi connectivity index (χ4v) is 1.61. The standard InChI is InChI=1S/C5H8BIO2/c1-2-4(8)3(7)5(6)9-2/h2-5,8H,1H3/t2?,3-,4-,5?/m1/s1. The van der Waals surface area contributed by atoms with Gasteiger partial charge in [-0.1, -0.05) is 22.6 Å². The van der Waals surface area contributed by atoms with Crippen LogP contribution in [0, 0.1) is 0 Å². The molecule has 1 aliphatic rings. The molecule has 1 saturated heterocycles. The van der Waals surface area contributed by atoms with Crippen molar-refractivity contribution >= 4 is 30.4 Å². The van der Waals surface area contributed by atoms with Gasteiger partial charge in [-0.15, -0.1) is 0 Å². The van der Waals surface area contributed by atoms with Gasteiger partial charge in [0.25, 0.3) is 0 Å². The van der Waals surface area contributed by atoms with Gasteiger partial charge in [-0.2, -0.15) is 0 Å².